The van der Waals surface area contributed by atoms with E-state index in [1.54, 1.807) is 17.2 Å². The Morgan fingerprint density at radius 2 is 1.96 bits per heavy atom. The van der Waals surface area contributed by atoms with Crippen LogP contribution in [0.3, 0.4) is 0 Å². The van der Waals surface area contributed by atoms with Gasteiger partial charge in [0, 0.05) is 25.2 Å². The Morgan fingerprint density at radius 3 is 2.58 bits per heavy atom. The number of amides is 1. The summed E-state index contributed by atoms with van der Waals surface area (Å²) in [5, 5.41) is 4.07. The van der Waals surface area contributed by atoms with Gasteiger partial charge in [-0.15, -0.1) is 0 Å². The summed E-state index contributed by atoms with van der Waals surface area (Å²) in [6.07, 6.45) is 4.69. The Hall–Kier alpha value is -2.07. The van der Waals surface area contributed by atoms with Crippen LogP contribution in [0.25, 0.3) is 0 Å². The van der Waals surface area contributed by atoms with E-state index in [9.17, 15) is 4.79 Å². The number of nitrogens with one attached hydrogen (secondary N) is 1. The number of hydrogen-bond donors (Lipinski definition) is 1. The molecule has 2 aromatic rings. The summed E-state index contributed by atoms with van der Waals surface area (Å²) in [5.74, 6) is -0.0313. The highest BCUT2D eigenvalue weighted by molar-refractivity contribution is 6.30. The number of unbranched alkanes of at least 4 members (excludes halogenated alkanes) is 1. The number of rotatable bonds is 8. The molecule has 0 spiro atoms. The SMILES string of the molecule is CCCCN(C)C(=O)c1ccc(NCCc2ccc(Cl)cc2)cn1. The second kappa shape index (κ2) is 9.28. The summed E-state index contributed by atoms with van der Waals surface area (Å²) in [6, 6.07) is 11.5. The van der Waals surface area contributed by atoms with E-state index >= 15 is 0 Å². The van der Waals surface area contributed by atoms with Crippen molar-refractivity contribution in [2.24, 2.45) is 0 Å². The molecule has 4 nitrogen and oxygen atoms in total. The fourth-order valence-electron chi connectivity index (χ4n) is 2.32. The van der Waals surface area contributed by atoms with Gasteiger partial charge < -0.3 is 10.2 Å². The molecular formula is C19H24ClN3O. The second-order valence-corrected chi connectivity index (χ2v) is 6.25. The molecule has 24 heavy (non-hydrogen) atoms. The van der Waals surface area contributed by atoms with Gasteiger partial charge in [0.2, 0.25) is 0 Å². The second-order valence-electron chi connectivity index (χ2n) is 5.82. The molecule has 1 aromatic heterocycles. The van der Waals surface area contributed by atoms with Gasteiger partial charge in [-0.05, 0) is 42.7 Å². The Balaban J connectivity index is 1.83. The zero-order valence-electron chi connectivity index (χ0n) is 14.3. The van der Waals surface area contributed by atoms with Crippen LogP contribution < -0.4 is 5.32 Å². The largest absolute Gasteiger partial charge is 0.383 e. The molecule has 5 heteroatoms. The van der Waals surface area contributed by atoms with Gasteiger partial charge in [-0.2, -0.15) is 0 Å². The van der Waals surface area contributed by atoms with E-state index < -0.39 is 0 Å². The molecule has 128 valence electrons. The lowest BCUT2D eigenvalue weighted by Crippen LogP contribution is -2.28. The predicted molar refractivity (Wildman–Crippen MR) is 99.8 cm³/mol. The minimum atomic E-state index is -0.0313. The van der Waals surface area contributed by atoms with Crippen molar-refractivity contribution in [1.29, 1.82) is 0 Å². The molecule has 0 aliphatic carbocycles. The highest BCUT2D eigenvalue weighted by Gasteiger charge is 2.12. The van der Waals surface area contributed by atoms with Gasteiger partial charge in [-0.1, -0.05) is 37.1 Å². The number of carbonyl (C=O) groups is 1. The maximum atomic E-state index is 12.2. The predicted octanol–water partition coefficient (Wildman–Crippen LogP) is 4.26. The van der Waals surface area contributed by atoms with Crippen molar-refractivity contribution in [3.8, 4) is 0 Å². The van der Waals surface area contributed by atoms with E-state index in [1.165, 1.54) is 5.56 Å². The molecule has 0 bridgehead atoms. The standard InChI is InChI=1S/C19H24ClN3O/c1-3-4-13-23(2)19(24)18-10-9-17(14-22-18)21-12-11-15-5-7-16(20)8-6-15/h5-10,14,21H,3-4,11-13H2,1-2H3. The van der Waals surface area contributed by atoms with Crippen molar-refractivity contribution < 1.29 is 4.79 Å². The number of benzene rings is 1. The van der Waals surface area contributed by atoms with E-state index in [0.717, 1.165) is 43.1 Å². The number of pyridine rings is 1. The normalized spacial score (nSPS) is 10.5. The number of hydrogen-bond acceptors (Lipinski definition) is 3. The minimum absolute atomic E-state index is 0.0313. The van der Waals surface area contributed by atoms with Crippen LogP contribution in [0.4, 0.5) is 5.69 Å². The molecule has 0 fully saturated rings. The van der Waals surface area contributed by atoms with Crippen LogP contribution >= 0.6 is 11.6 Å². The van der Waals surface area contributed by atoms with Crippen molar-refractivity contribution in [2.75, 3.05) is 25.5 Å². The van der Waals surface area contributed by atoms with Crippen molar-refractivity contribution >= 4 is 23.2 Å². The molecule has 1 aromatic carbocycles. The molecule has 0 saturated carbocycles. The molecule has 0 radical (unpaired) electrons. The fourth-order valence-corrected chi connectivity index (χ4v) is 2.45. The topological polar surface area (TPSA) is 45.2 Å². The quantitative estimate of drug-likeness (QED) is 0.777. The van der Waals surface area contributed by atoms with E-state index in [-0.39, 0.29) is 5.91 Å². The molecule has 0 atom stereocenters. The van der Waals surface area contributed by atoms with Crippen LogP contribution in [0.1, 0.15) is 35.8 Å². The van der Waals surface area contributed by atoms with Crippen molar-refractivity contribution in [1.82, 2.24) is 9.88 Å². The molecule has 1 N–H and O–H groups in total. The molecule has 0 saturated heterocycles. The van der Waals surface area contributed by atoms with Crippen molar-refractivity contribution in [3.63, 3.8) is 0 Å². The van der Waals surface area contributed by atoms with Crippen LogP contribution in [0, 0.1) is 0 Å². The summed E-state index contributed by atoms with van der Waals surface area (Å²) in [4.78, 5) is 18.2. The molecule has 2 rings (SSSR count). The lowest BCUT2D eigenvalue weighted by atomic mass is 10.1. The minimum Gasteiger partial charge on any atom is -0.383 e. The molecule has 0 aliphatic heterocycles. The summed E-state index contributed by atoms with van der Waals surface area (Å²) < 4.78 is 0. The Kier molecular flexibility index (Phi) is 7.07. The van der Waals surface area contributed by atoms with E-state index in [4.69, 9.17) is 11.6 Å². The number of nitrogens with zero attached hydrogens (tertiary/aromatic N) is 2. The third-order valence-electron chi connectivity index (χ3n) is 3.83. The van der Waals surface area contributed by atoms with Crippen molar-refractivity contribution in [2.45, 2.75) is 26.2 Å². The molecule has 0 aliphatic rings. The average Bonchev–Trinajstić information content (AvgIpc) is 2.61. The number of halogens is 1. The zero-order valence-corrected chi connectivity index (χ0v) is 15.0. The van der Waals surface area contributed by atoms with Gasteiger partial charge in [0.1, 0.15) is 5.69 Å². The van der Waals surface area contributed by atoms with E-state index in [2.05, 4.69) is 17.2 Å². The first-order valence-electron chi connectivity index (χ1n) is 8.30. The lowest BCUT2D eigenvalue weighted by Gasteiger charge is -2.16. The van der Waals surface area contributed by atoms with Gasteiger partial charge in [0.05, 0.1) is 11.9 Å². The van der Waals surface area contributed by atoms with Crippen LogP contribution in [0.5, 0.6) is 0 Å². The van der Waals surface area contributed by atoms with Gasteiger partial charge in [0.25, 0.3) is 5.91 Å². The molecular weight excluding hydrogens is 322 g/mol. The first kappa shape index (κ1) is 18.3. The third-order valence-corrected chi connectivity index (χ3v) is 4.08. The Morgan fingerprint density at radius 1 is 1.21 bits per heavy atom. The first-order valence-corrected chi connectivity index (χ1v) is 8.67. The first-order chi connectivity index (χ1) is 11.6. The van der Waals surface area contributed by atoms with Gasteiger partial charge in [-0.3, -0.25) is 4.79 Å². The number of aromatic nitrogens is 1. The maximum Gasteiger partial charge on any atom is 0.272 e. The number of anilines is 1. The Labute approximate surface area is 148 Å². The number of carbonyl (C=O) groups excluding carboxylic acids is 1. The smallest absolute Gasteiger partial charge is 0.272 e. The average molecular weight is 346 g/mol. The fraction of sp³-hybridized carbons (Fsp3) is 0.368. The summed E-state index contributed by atoms with van der Waals surface area (Å²) in [6.45, 7) is 3.67. The monoisotopic (exact) mass is 345 g/mol. The van der Waals surface area contributed by atoms with Crippen molar-refractivity contribution in [3.05, 3.63) is 58.9 Å². The van der Waals surface area contributed by atoms with Crippen LogP contribution in [-0.2, 0) is 6.42 Å². The molecule has 1 heterocycles. The Bertz CT molecular complexity index is 641. The molecule has 1 amide bonds. The molecule has 0 unspecified atom stereocenters. The summed E-state index contributed by atoms with van der Waals surface area (Å²) in [5.41, 5.74) is 2.62. The van der Waals surface area contributed by atoms with Gasteiger partial charge in [-0.25, -0.2) is 4.98 Å². The van der Waals surface area contributed by atoms with Crippen LogP contribution in [-0.4, -0.2) is 35.9 Å². The van der Waals surface area contributed by atoms with Crippen LogP contribution in [0.15, 0.2) is 42.6 Å². The highest BCUT2D eigenvalue weighted by Crippen LogP contribution is 2.11. The summed E-state index contributed by atoms with van der Waals surface area (Å²) in [7, 11) is 1.82. The van der Waals surface area contributed by atoms with E-state index in [0.29, 0.717) is 5.69 Å². The highest BCUT2D eigenvalue weighted by atomic mass is 35.5. The zero-order chi connectivity index (χ0) is 17.4. The summed E-state index contributed by atoms with van der Waals surface area (Å²) >= 11 is 5.88. The van der Waals surface area contributed by atoms with E-state index in [1.807, 2.05) is 37.4 Å². The van der Waals surface area contributed by atoms with Gasteiger partial charge in [0.15, 0.2) is 0 Å². The third kappa shape index (κ3) is 5.53. The maximum absolute atomic E-state index is 12.2. The van der Waals surface area contributed by atoms with Crippen LogP contribution in [0.2, 0.25) is 5.02 Å². The van der Waals surface area contributed by atoms with Gasteiger partial charge >= 0.3 is 0 Å². The lowest BCUT2D eigenvalue weighted by molar-refractivity contribution is 0.0787.